The molecule has 3 aromatic heterocycles. The van der Waals surface area contributed by atoms with Gasteiger partial charge in [0.2, 0.25) is 0 Å². The molecule has 0 atom stereocenters. The molecule has 2 amide bonds. The molecule has 0 fully saturated rings. The number of alkyl halides is 4. The van der Waals surface area contributed by atoms with E-state index in [2.05, 4.69) is 30.5 Å². The maximum absolute atomic E-state index is 13.4. The van der Waals surface area contributed by atoms with Gasteiger partial charge in [0.05, 0.1) is 37.4 Å². The van der Waals surface area contributed by atoms with Crippen LogP contribution in [0.1, 0.15) is 29.9 Å². The third kappa shape index (κ3) is 5.21. The summed E-state index contributed by atoms with van der Waals surface area (Å²) in [6.07, 6.45) is -3.58. The molecular weight excluding hydrogens is 429 g/mol. The van der Waals surface area contributed by atoms with E-state index in [0.717, 1.165) is 23.1 Å². The van der Waals surface area contributed by atoms with Crippen LogP contribution in [-0.4, -0.2) is 38.3 Å². The molecule has 9 nitrogen and oxygen atoms in total. The molecule has 14 heteroatoms. The van der Waals surface area contributed by atoms with E-state index < -0.39 is 36.1 Å². The first-order chi connectivity index (χ1) is 14.8. The van der Waals surface area contributed by atoms with Crippen LogP contribution in [0.4, 0.5) is 38.3 Å². The number of rotatable bonds is 7. The monoisotopic (exact) mass is 443 g/mol. The number of aromatic nitrogens is 5. The Bertz CT molecular complexity index is 1050. The minimum Gasteiger partial charge on any atom is -0.467 e. The molecule has 0 saturated carbocycles. The zero-order valence-electron chi connectivity index (χ0n) is 15.7. The van der Waals surface area contributed by atoms with Crippen molar-refractivity contribution < 1.29 is 31.5 Å². The van der Waals surface area contributed by atoms with Crippen LogP contribution >= 0.6 is 0 Å². The first-order valence-corrected chi connectivity index (χ1v) is 8.50. The van der Waals surface area contributed by atoms with Crippen molar-refractivity contribution >= 4 is 17.5 Å². The molecule has 0 aliphatic rings. The van der Waals surface area contributed by atoms with Gasteiger partial charge < -0.3 is 4.74 Å². The number of carbonyl (C=O) groups excluding carboxylic acids is 1. The Morgan fingerprint density at radius 2 is 1.90 bits per heavy atom. The average molecular weight is 443 g/mol. The molecule has 2 N–H and O–H groups in total. The van der Waals surface area contributed by atoms with Gasteiger partial charge in [-0.05, 0) is 18.2 Å². The van der Waals surface area contributed by atoms with Gasteiger partial charge in [0, 0.05) is 0 Å². The fourth-order valence-corrected chi connectivity index (χ4v) is 2.43. The van der Waals surface area contributed by atoms with E-state index in [1.54, 1.807) is 0 Å². The molecule has 0 unspecified atom stereocenters. The summed E-state index contributed by atoms with van der Waals surface area (Å²) < 4.78 is 69.6. The number of H-pyrrole nitrogens is 1. The second-order valence-electron chi connectivity index (χ2n) is 5.93. The smallest absolute Gasteiger partial charge is 0.327 e. The summed E-state index contributed by atoms with van der Waals surface area (Å²) in [5, 5.41) is 8.08. The Hall–Kier alpha value is -3.84. The van der Waals surface area contributed by atoms with Crippen LogP contribution in [0.5, 0.6) is 6.01 Å². The summed E-state index contributed by atoms with van der Waals surface area (Å²) in [5.41, 5.74) is -1.40. The molecular formula is C17H14F5N7O2. The number of aromatic amines is 1. The number of nitrogens with zero attached hydrogens (tertiary/aromatic N) is 5. The SMILES string of the molecule is COc1ncc(N(Cc2cc(C(F)F)n[nH]2)C(=O)Nc2ccc(F)c(C(F)F)n2)cn1. The van der Waals surface area contributed by atoms with Crippen LogP contribution in [0, 0.1) is 5.82 Å². The predicted octanol–water partition coefficient (Wildman–Crippen LogP) is 3.86. The lowest BCUT2D eigenvalue weighted by atomic mass is 10.3. The number of carbonyl (C=O) groups is 1. The number of hydrogen-bond acceptors (Lipinski definition) is 6. The highest BCUT2D eigenvalue weighted by Crippen LogP contribution is 2.23. The number of anilines is 2. The molecule has 3 aromatic rings. The number of halogens is 5. The second kappa shape index (κ2) is 9.32. The summed E-state index contributed by atoms with van der Waals surface area (Å²) in [6.45, 7) is -0.288. The lowest BCUT2D eigenvalue weighted by Crippen LogP contribution is -2.35. The quantitative estimate of drug-likeness (QED) is 0.537. The van der Waals surface area contributed by atoms with Crippen molar-refractivity contribution in [3.63, 3.8) is 0 Å². The van der Waals surface area contributed by atoms with Crippen molar-refractivity contribution in [2.45, 2.75) is 19.4 Å². The van der Waals surface area contributed by atoms with Gasteiger partial charge in [-0.15, -0.1) is 0 Å². The number of amides is 2. The largest absolute Gasteiger partial charge is 0.467 e. The van der Waals surface area contributed by atoms with Gasteiger partial charge in [-0.1, -0.05) is 0 Å². The van der Waals surface area contributed by atoms with Gasteiger partial charge in [0.1, 0.15) is 17.2 Å². The van der Waals surface area contributed by atoms with Gasteiger partial charge in [0.15, 0.2) is 5.82 Å². The molecule has 0 bridgehead atoms. The number of methoxy groups -OCH3 is 1. The molecule has 0 aromatic carbocycles. The average Bonchev–Trinajstić information content (AvgIpc) is 3.22. The van der Waals surface area contributed by atoms with Crippen LogP contribution in [0.2, 0.25) is 0 Å². The lowest BCUT2D eigenvalue weighted by molar-refractivity contribution is 0.140. The van der Waals surface area contributed by atoms with Gasteiger partial charge in [-0.3, -0.25) is 15.3 Å². The van der Waals surface area contributed by atoms with E-state index in [-0.39, 0.29) is 29.8 Å². The summed E-state index contributed by atoms with van der Waals surface area (Å²) >= 11 is 0. The summed E-state index contributed by atoms with van der Waals surface area (Å²) in [4.78, 5) is 24.9. The zero-order valence-corrected chi connectivity index (χ0v) is 15.7. The zero-order chi connectivity index (χ0) is 22.5. The second-order valence-corrected chi connectivity index (χ2v) is 5.93. The van der Waals surface area contributed by atoms with Gasteiger partial charge >= 0.3 is 12.0 Å². The normalized spacial score (nSPS) is 11.1. The van der Waals surface area contributed by atoms with Crippen molar-refractivity contribution in [2.24, 2.45) is 0 Å². The molecule has 0 aliphatic carbocycles. The summed E-state index contributed by atoms with van der Waals surface area (Å²) in [6, 6.07) is 1.89. The Morgan fingerprint density at radius 3 is 2.48 bits per heavy atom. The highest BCUT2D eigenvalue weighted by atomic mass is 19.3. The molecule has 3 heterocycles. The first kappa shape index (κ1) is 21.9. The lowest BCUT2D eigenvalue weighted by Gasteiger charge is -2.22. The van der Waals surface area contributed by atoms with E-state index in [1.807, 2.05) is 0 Å². The summed E-state index contributed by atoms with van der Waals surface area (Å²) in [7, 11) is 1.33. The van der Waals surface area contributed by atoms with E-state index in [1.165, 1.54) is 19.5 Å². The van der Waals surface area contributed by atoms with Crippen molar-refractivity contribution in [3.8, 4) is 6.01 Å². The number of pyridine rings is 1. The minimum atomic E-state index is -3.19. The van der Waals surface area contributed by atoms with E-state index in [4.69, 9.17) is 4.74 Å². The number of nitrogens with one attached hydrogen (secondary N) is 2. The van der Waals surface area contributed by atoms with Crippen LogP contribution in [0.3, 0.4) is 0 Å². The summed E-state index contributed by atoms with van der Waals surface area (Å²) in [5.74, 6) is -1.58. The highest BCUT2D eigenvalue weighted by Gasteiger charge is 2.22. The van der Waals surface area contributed by atoms with E-state index in [9.17, 15) is 26.7 Å². The van der Waals surface area contributed by atoms with Crippen molar-refractivity contribution in [1.82, 2.24) is 25.1 Å². The fraction of sp³-hybridized carbons (Fsp3) is 0.235. The van der Waals surface area contributed by atoms with Gasteiger partial charge in [-0.25, -0.2) is 41.7 Å². The third-order valence-corrected chi connectivity index (χ3v) is 3.87. The first-order valence-electron chi connectivity index (χ1n) is 8.50. The predicted molar refractivity (Wildman–Crippen MR) is 96.5 cm³/mol. The maximum atomic E-state index is 13.4. The minimum absolute atomic E-state index is 0.00686. The van der Waals surface area contributed by atoms with E-state index in [0.29, 0.717) is 0 Å². The van der Waals surface area contributed by atoms with Crippen LogP contribution < -0.4 is 15.0 Å². The number of urea groups is 1. The molecule has 0 radical (unpaired) electrons. The molecule has 164 valence electrons. The number of ether oxygens (including phenoxy) is 1. The van der Waals surface area contributed by atoms with E-state index >= 15 is 0 Å². The Labute approximate surface area is 171 Å². The maximum Gasteiger partial charge on any atom is 0.327 e. The number of hydrogen-bond donors (Lipinski definition) is 2. The van der Waals surface area contributed by atoms with Crippen molar-refractivity contribution in [2.75, 3.05) is 17.3 Å². The molecule has 0 aliphatic heterocycles. The van der Waals surface area contributed by atoms with Gasteiger partial charge in [-0.2, -0.15) is 5.10 Å². The molecule has 31 heavy (non-hydrogen) atoms. The topological polar surface area (TPSA) is 109 Å². The standard InChI is InChI=1S/C17H14F5N7O2/c1-31-16-23-5-9(6-24-16)29(7-8-4-11(14(19)20)28-27-8)17(30)26-12-3-2-10(18)13(25-12)15(21)22/h2-6,14-15H,7H2,1H3,(H,27,28)(H,25,26,30). The van der Waals surface area contributed by atoms with Crippen LogP contribution in [0.25, 0.3) is 0 Å². The Balaban J connectivity index is 1.88. The highest BCUT2D eigenvalue weighted by molar-refractivity contribution is 6.00. The third-order valence-electron chi connectivity index (χ3n) is 3.87. The molecule has 0 saturated heterocycles. The molecule has 3 rings (SSSR count). The Kier molecular flexibility index (Phi) is 6.57. The Morgan fingerprint density at radius 1 is 1.19 bits per heavy atom. The van der Waals surface area contributed by atoms with Gasteiger partial charge in [0.25, 0.3) is 12.9 Å². The molecule has 0 spiro atoms. The van der Waals surface area contributed by atoms with Crippen molar-refractivity contribution in [1.29, 1.82) is 0 Å². The fourth-order valence-electron chi connectivity index (χ4n) is 2.43. The van der Waals surface area contributed by atoms with Crippen LogP contribution in [-0.2, 0) is 6.54 Å². The van der Waals surface area contributed by atoms with Crippen LogP contribution in [0.15, 0.2) is 30.6 Å². The van der Waals surface area contributed by atoms with Crippen molar-refractivity contribution in [3.05, 3.63) is 53.5 Å².